The van der Waals surface area contributed by atoms with Crippen LogP contribution in [0.2, 0.25) is 0 Å². The van der Waals surface area contributed by atoms with E-state index in [1.807, 2.05) is 26.0 Å². The quantitative estimate of drug-likeness (QED) is 0.554. The van der Waals surface area contributed by atoms with E-state index in [2.05, 4.69) is 11.5 Å². The largest absolute Gasteiger partial charge is 0.487 e. The molecule has 2 rings (SSSR count). The van der Waals surface area contributed by atoms with Gasteiger partial charge < -0.3 is 4.74 Å². The van der Waals surface area contributed by atoms with E-state index in [1.165, 1.54) is 0 Å². The van der Waals surface area contributed by atoms with E-state index in [4.69, 9.17) is 15.8 Å². The number of rotatable bonds is 1. The molecule has 1 heterocycles. The van der Waals surface area contributed by atoms with Gasteiger partial charge in [-0.3, -0.25) is 11.3 Å². The fourth-order valence-corrected chi connectivity index (χ4v) is 2.07. The normalized spacial score (nSPS) is 21.8. The molecule has 1 aliphatic rings. The second-order valence-corrected chi connectivity index (χ2v) is 4.65. The van der Waals surface area contributed by atoms with Gasteiger partial charge in [0.2, 0.25) is 0 Å². The number of hydrogen-bond acceptors (Lipinski definition) is 4. The van der Waals surface area contributed by atoms with Crippen molar-refractivity contribution in [3.8, 4) is 11.8 Å². The van der Waals surface area contributed by atoms with Gasteiger partial charge in [-0.15, -0.1) is 0 Å². The Morgan fingerprint density at radius 3 is 2.94 bits per heavy atom. The number of fused-ring (bicyclic) bond motifs is 1. The number of nitrogens with one attached hydrogen (secondary N) is 1. The van der Waals surface area contributed by atoms with Crippen molar-refractivity contribution in [3.05, 3.63) is 29.3 Å². The number of nitrogens with two attached hydrogens (primary N) is 1. The molecule has 1 aromatic carbocycles. The predicted molar refractivity (Wildman–Crippen MR) is 60.5 cm³/mol. The SMILES string of the molecule is CC1(C)CC(NN)c2cc(C#N)ccc2O1. The molecule has 1 aliphatic heterocycles. The average molecular weight is 217 g/mol. The van der Waals surface area contributed by atoms with Gasteiger partial charge in [0.15, 0.2) is 0 Å². The van der Waals surface area contributed by atoms with Crippen LogP contribution in [0.15, 0.2) is 18.2 Å². The predicted octanol–water partition coefficient (Wildman–Crippen LogP) is 1.62. The summed E-state index contributed by atoms with van der Waals surface area (Å²) in [4.78, 5) is 0. The molecular formula is C12H15N3O. The van der Waals surface area contributed by atoms with Gasteiger partial charge >= 0.3 is 0 Å². The molecule has 0 saturated heterocycles. The maximum Gasteiger partial charge on any atom is 0.125 e. The van der Waals surface area contributed by atoms with Crippen molar-refractivity contribution in [1.82, 2.24) is 5.43 Å². The summed E-state index contributed by atoms with van der Waals surface area (Å²) in [7, 11) is 0. The standard InChI is InChI=1S/C12H15N3O/c1-12(2)6-10(15-14)9-5-8(7-13)3-4-11(9)16-12/h3-5,10,15H,6,14H2,1-2H3. The molecule has 0 radical (unpaired) electrons. The number of ether oxygens (including phenoxy) is 1. The number of nitriles is 1. The van der Waals surface area contributed by atoms with Gasteiger partial charge in [0, 0.05) is 12.0 Å². The Labute approximate surface area is 95.0 Å². The zero-order chi connectivity index (χ0) is 11.8. The summed E-state index contributed by atoms with van der Waals surface area (Å²) in [5, 5.41) is 8.86. The summed E-state index contributed by atoms with van der Waals surface area (Å²) in [5.74, 6) is 6.35. The first-order valence-electron chi connectivity index (χ1n) is 5.25. The first-order chi connectivity index (χ1) is 7.55. The van der Waals surface area contributed by atoms with Crippen LogP contribution >= 0.6 is 0 Å². The molecule has 1 unspecified atom stereocenters. The minimum atomic E-state index is -0.238. The van der Waals surface area contributed by atoms with Crippen molar-refractivity contribution >= 4 is 0 Å². The molecule has 1 aromatic rings. The summed E-state index contributed by atoms with van der Waals surface area (Å²) in [6.45, 7) is 4.05. The highest BCUT2D eigenvalue weighted by Crippen LogP contribution is 2.39. The fourth-order valence-electron chi connectivity index (χ4n) is 2.07. The molecule has 84 valence electrons. The van der Waals surface area contributed by atoms with E-state index in [-0.39, 0.29) is 11.6 Å². The van der Waals surface area contributed by atoms with Crippen LogP contribution < -0.4 is 16.0 Å². The summed E-state index contributed by atoms with van der Waals surface area (Å²) >= 11 is 0. The highest BCUT2D eigenvalue weighted by Gasteiger charge is 2.33. The maximum atomic E-state index is 8.86. The van der Waals surface area contributed by atoms with E-state index < -0.39 is 0 Å². The summed E-state index contributed by atoms with van der Waals surface area (Å²) in [6, 6.07) is 7.57. The van der Waals surface area contributed by atoms with Crippen LogP contribution in [0.25, 0.3) is 0 Å². The lowest BCUT2D eigenvalue weighted by Crippen LogP contribution is -2.41. The molecule has 4 nitrogen and oxygen atoms in total. The van der Waals surface area contributed by atoms with Crippen molar-refractivity contribution in [2.75, 3.05) is 0 Å². The lowest BCUT2D eigenvalue weighted by atomic mass is 9.89. The molecule has 0 aromatic heterocycles. The number of hydrazine groups is 1. The molecule has 1 atom stereocenters. The van der Waals surface area contributed by atoms with Crippen molar-refractivity contribution in [1.29, 1.82) is 5.26 Å². The highest BCUT2D eigenvalue weighted by molar-refractivity contribution is 5.45. The molecule has 3 N–H and O–H groups in total. The summed E-state index contributed by atoms with van der Waals surface area (Å²) < 4.78 is 5.85. The van der Waals surface area contributed by atoms with Gasteiger partial charge in [0.05, 0.1) is 17.7 Å². The molecule has 4 heteroatoms. The van der Waals surface area contributed by atoms with Crippen molar-refractivity contribution in [2.24, 2.45) is 5.84 Å². The minimum absolute atomic E-state index is 0.0343. The van der Waals surface area contributed by atoms with Gasteiger partial charge in [-0.1, -0.05) is 0 Å². The zero-order valence-corrected chi connectivity index (χ0v) is 9.45. The zero-order valence-electron chi connectivity index (χ0n) is 9.45. The molecule has 0 fully saturated rings. The molecule has 16 heavy (non-hydrogen) atoms. The van der Waals surface area contributed by atoms with E-state index in [9.17, 15) is 0 Å². The first-order valence-corrected chi connectivity index (χ1v) is 5.25. The molecule has 0 aliphatic carbocycles. The third-order valence-electron chi connectivity index (χ3n) is 2.80. The lowest BCUT2D eigenvalue weighted by molar-refractivity contribution is 0.0661. The van der Waals surface area contributed by atoms with Gasteiger partial charge in [0.25, 0.3) is 0 Å². The van der Waals surface area contributed by atoms with Gasteiger partial charge in [0.1, 0.15) is 11.4 Å². The van der Waals surface area contributed by atoms with Crippen LogP contribution in [0.3, 0.4) is 0 Å². The summed E-state index contributed by atoms with van der Waals surface area (Å²) in [6.07, 6.45) is 0.783. The maximum absolute atomic E-state index is 8.86. The van der Waals surface area contributed by atoms with E-state index in [0.29, 0.717) is 5.56 Å². The fraction of sp³-hybridized carbons (Fsp3) is 0.417. The van der Waals surface area contributed by atoms with Crippen LogP contribution in [0.4, 0.5) is 0 Å². The van der Waals surface area contributed by atoms with Crippen LogP contribution in [-0.4, -0.2) is 5.60 Å². The highest BCUT2D eigenvalue weighted by atomic mass is 16.5. The van der Waals surface area contributed by atoms with Gasteiger partial charge in [-0.25, -0.2) is 0 Å². The lowest BCUT2D eigenvalue weighted by Gasteiger charge is -2.37. The van der Waals surface area contributed by atoms with E-state index in [0.717, 1.165) is 17.7 Å². The molecule has 0 saturated carbocycles. The smallest absolute Gasteiger partial charge is 0.125 e. The Hall–Kier alpha value is -1.57. The Kier molecular flexibility index (Phi) is 2.58. The van der Waals surface area contributed by atoms with Crippen LogP contribution in [0.5, 0.6) is 5.75 Å². The third-order valence-corrected chi connectivity index (χ3v) is 2.80. The first kappa shape index (κ1) is 10.9. The number of nitrogens with zero attached hydrogens (tertiary/aromatic N) is 1. The topological polar surface area (TPSA) is 71.1 Å². The Bertz CT molecular complexity index is 448. The van der Waals surface area contributed by atoms with Crippen LogP contribution in [0.1, 0.15) is 37.4 Å². The van der Waals surface area contributed by atoms with E-state index >= 15 is 0 Å². The molecule has 0 spiro atoms. The molecular weight excluding hydrogens is 202 g/mol. The van der Waals surface area contributed by atoms with Crippen molar-refractivity contribution in [2.45, 2.75) is 31.9 Å². The Balaban J connectivity index is 2.47. The van der Waals surface area contributed by atoms with Gasteiger partial charge in [-0.2, -0.15) is 5.26 Å². The van der Waals surface area contributed by atoms with Crippen LogP contribution in [0, 0.1) is 11.3 Å². The number of benzene rings is 1. The van der Waals surface area contributed by atoms with Crippen molar-refractivity contribution in [3.63, 3.8) is 0 Å². The minimum Gasteiger partial charge on any atom is -0.487 e. The molecule has 0 bridgehead atoms. The van der Waals surface area contributed by atoms with Gasteiger partial charge in [-0.05, 0) is 32.0 Å². The van der Waals surface area contributed by atoms with Crippen LogP contribution in [-0.2, 0) is 0 Å². The monoisotopic (exact) mass is 217 g/mol. The number of hydrogen-bond donors (Lipinski definition) is 2. The van der Waals surface area contributed by atoms with Crippen molar-refractivity contribution < 1.29 is 4.74 Å². The third kappa shape index (κ3) is 1.87. The van der Waals surface area contributed by atoms with E-state index in [1.54, 1.807) is 6.07 Å². The average Bonchev–Trinajstić information content (AvgIpc) is 2.26. The second kappa shape index (κ2) is 3.78. The Morgan fingerprint density at radius 2 is 2.31 bits per heavy atom. The second-order valence-electron chi connectivity index (χ2n) is 4.65. The summed E-state index contributed by atoms with van der Waals surface area (Å²) in [5.41, 5.74) is 4.13. The Morgan fingerprint density at radius 1 is 1.56 bits per heavy atom. The molecule has 0 amide bonds.